The molecule has 2 aromatic rings. The van der Waals surface area contributed by atoms with Gasteiger partial charge in [0.2, 0.25) is 0 Å². The Hall–Kier alpha value is -1.64. The summed E-state index contributed by atoms with van der Waals surface area (Å²) >= 11 is 11.6. The third-order valence-electron chi connectivity index (χ3n) is 4.14. The minimum atomic E-state index is 0.162. The van der Waals surface area contributed by atoms with Gasteiger partial charge in [0.05, 0.1) is 0 Å². The number of Topliss-reactive ketones (excluding diaryl/α,β-unsaturated/α-hetero) is 2. The Morgan fingerprint density at radius 3 is 1.24 bits per heavy atom. The summed E-state index contributed by atoms with van der Waals surface area (Å²) in [6.45, 7) is 0. The molecule has 0 unspecified atom stereocenters. The van der Waals surface area contributed by atoms with E-state index < -0.39 is 0 Å². The van der Waals surface area contributed by atoms with Crippen molar-refractivity contribution in [2.24, 2.45) is 0 Å². The number of unbranched alkanes of at least 4 members (excludes halogenated alkanes) is 4. The molecule has 0 saturated heterocycles. The van der Waals surface area contributed by atoms with Gasteiger partial charge < -0.3 is 0 Å². The molecule has 0 N–H and O–H groups in total. The molecule has 0 spiro atoms. The molecule has 0 amide bonds. The van der Waals surface area contributed by atoms with Crippen LogP contribution in [0, 0.1) is 0 Å². The van der Waals surface area contributed by atoms with Crippen molar-refractivity contribution in [3.8, 4) is 0 Å². The molecule has 2 aromatic carbocycles. The normalized spacial score (nSPS) is 10.6. The van der Waals surface area contributed by atoms with Gasteiger partial charge in [0.1, 0.15) is 0 Å². The maximum Gasteiger partial charge on any atom is 0.162 e. The van der Waals surface area contributed by atoms with Gasteiger partial charge >= 0.3 is 0 Å². The van der Waals surface area contributed by atoms with E-state index in [9.17, 15) is 9.59 Å². The lowest BCUT2D eigenvalue weighted by Gasteiger charge is -2.03. The molecule has 0 aliphatic heterocycles. The average Bonchev–Trinajstić information content (AvgIpc) is 2.61. The van der Waals surface area contributed by atoms with Crippen molar-refractivity contribution < 1.29 is 9.59 Å². The molecule has 132 valence electrons. The number of carbonyl (C=O) groups excluding carboxylic acids is 2. The lowest BCUT2D eigenvalue weighted by Crippen LogP contribution is -1.99. The van der Waals surface area contributed by atoms with E-state index in [2.05, 4.69) is 0 Å². The van der Waals surface area contributed by atoms with Gasteiger partial charge in [0.15, 0.2) is 11.6 Å². The van der Waals surface area contributed by atoms with E-state index in [0.717, 1.165) is 43.2 Å². The van der Waals surface area contributed by atoms with Gasteiger partial charge in [-0.2, -0.15) is 0 Å². The first-order chi connectivity index (χ1) is 12.1. The fourth-order valence-corrected chi connectivity index (χ4v) is 2.91. The second-order valence-corrected chi connectivity index (χ2v) is 7.00. The molecule has 4 heteroatoms. The van der Waals surface area contributed by atoms with Gasteiger partial charge in [-0.3, -0.25) is 9.59 Å². The second-order valence-electron chi connectivity index (χ2n) is 6.13. The Labute approximate surface area is 159 Å². The molecule has 25 heavy (non-hydrogen) atoms. The summed E-state index contributed by atoms with van der Waals surface area (Å²) in [5.41, 5.74) is 1.44. The summed E-state index contributed by atoms with van der Waals surface area (Å²) in [4.78, 5) is 24.0. The van der Waals surface area contributed by atoms with Crippen LogP contribution >= 0.6 is 23.2 Å². The summed E-state index contributed by atoms with van der Waals surface area (Å²) in [5.74, 6) is 0.323. The van der Waals surface area contributed by atoms with Crippen molar-refractivity contribution in [3.05, 3.63) is 69.7 Å². The topological polar surface area (TPSA) is 34.1 Å². The van der Waals surface area contributed by atoms with Crippen LogP contribution in [0.25, 0.3) is 0 Å². The molecular formula is C21H22Cl2O2. The van der Waals surface area contributed by atoms with Crippen LogP contribution in [-0.2, 0) is 0 Å². The summed E-state index contributed by atoms with van der Waals surface area (Å²) in [6.07, 6.45) is 5.95. The lowest BCUT2D eigenvalue weighted by molar-refractivity contribution is 0.0973. The number of rotatable bonds is 10. The lowest BCUT2D eigenvalue weighted by atomic mass is 10.0. The third kappa shape index (κ3) is 7.01. The van der Waals surface area contributed by atoms with E-state index in [1.165, 1.54) is 0 Å². The van der Waals surface area contributed by atoms with Crippen molar-refractivity contribution in [1.82, 2.24) is 0 Å². The molecule has 0 aliphatic rings. The van der Waals surface area contributed by atoms with Gasteiger partial charge in [-0.25, -0.2) is 0 Å². The standard InChI is InChI=1S/C21H22Cl2O2/c22-18-12-8-16(9-13-18)20(24)6-4-2-1-3-5-7-21(25)17-10-14-19(23)15-11-17/h8-15H,1-7H2. The SMILES string of the molecule is O=C(CCCCCCCC(=O)c1ccc(Cl)cc1)c1ccc(Cl)cc1. The first-order valence-corrected chi connectivity index (χ1v) is 9.39. The predicted octanol–water partition coefficient (Wildman–Crippen LogP) is 6.79. The summed E-state index contributed by atoms with van der Waals surface area (Å²) in [5, 5.41) is 1.29. The first-order valence-electron chi connectivity index (χ1n) is 8.64. The van der Waals surface area contributed by atoms with Crippen LogP contribution in [-0.4, -0.2) is 11.6 Å². The van der Waals surface area contributed by atoms with E-state index in [1.807, 2.05) is 0 Å². The first kappa shape index (κ1) is 19.7. The molecule has 0 bridgehead atoms. The largest absolute Gasteiger partial charge is 0.294 e. The van der Waals surface area contributed by atoms with Gasteiger partial charge in [0, 0.05) is 34.0 Å². The highest BCUT2D eigenvalue weighted by Gasteiger charge is 2.07. The van der Waals surface area contributed by atoms with Crippen molar-refractivity contribution in [1.29, 1.82) is 0 Å². The molecule has 0 radical (unpaired) electrons. The molecule has 2 rings (SSSR count). The summed E-state index contributed by atoms with van der Waals surface area (Å²) in [6, 6.07) is 14.1. The van der Waals surface area contributed by atoms with Gasteiger partial charge in [-0.05, 0) is 61.4 Å². The van der Waals surface area contributed by atoms with E-state index in [-0.39, 0.29) is 11.6 Å². The summed E-state index contributed by atoms with van der Waals surface area (Å²) < 4.78 is 0. The summed E-state index contributed by atoms with van der Waals surface area (Å²) in [7, 11) is 0. The van der Waals surface area contributed by atoms with Crippen LogP contribution < -0.4 is 0 Å². The Morgan fingerprint density at radius 2 is 0.880 bits per heavy atom. The molecular weight excluding hydrogens is 355 g/mol. The number of hydrogen-bond donors (Lipinski definition) is 0. The number of hydrogen-bond acceptors (Lipinski definition) is 2. The molecule has 0 atom stereocenters. The van der Waals surface area contributed by atoms with Crippen LogP contribution in [0.15, 0.2) is 48.5 Å². The number of halogens is 2. The Bertz CT molecular complexity index is 629. The smallest absolute Gasteiger partial charge is 0.162 e. The number of ketones is 2. The Balaban J connectivity index is 1.56. The highest BCUT2D eigenvalue weighted by Crippen LogP contribution is 2.15. The van der Waals surface area contributed by atoms with E-state index >= 15 is 0 Å². The second kappa shape index (κ2) is 10.4. The van der Waals surface area contributed by atoms with Crippen molar-refractivity contribution in [3.63, 3.8) is 0 Å². The third-order valence-corrected chi connectivity index (χ3v) is 4.64. The van der Waals surface area contributed by atoms with Crippen LogP contribution in [0.4, 0.5) is 0 Å². The van der Waals surface area contributed by atoms with Gasteiger partial charge in [-0.15, -0.1) is 0 Å². The quantitative estimate of drug-likeness (QED) is 0.337. The predicted molar refractivity (Wildman–Crippen MR) is 104 cm³/mol. The zero-order valence-electron chi connectivity index (χ0n) is 14.1. The molecule has 0 aliphatic carbocycles. The van der Waals surface area contributed by atoms with E-state index in [4.69, 9.17) is 23.2 Å². The highest BCUT2D eigenvalue weighted by molar-refractivity contribution is 6.31. The zero-order valence-corrected chi connectivity index (χ0v) is 15.7. The molecule has 0 saturated carbocycles. The zero-order chi connectivity index (χ0) is 18.1. The average molecular weight is 377 g/mol. The van der Waals surface area contributed by atoms with E-state index in [0.29, 0.717) is 22.9 Å². The number of benzene rings is 2. The Morgan fingerprint density at radius 1 is 0.560 bits per heavy atom. The molecule has 0 heterocycles. The fourth-order valence-electron chi connectivity index (χ4n) is 2.66. The van der Waals surface area contributed by atoms with E-state index in [1.54, 1.807) is 48.5 Å². The molecule has 0 fully saturated rings. The fraction of sp³-hybridized carbons (Fsp3) is 0.333. The minimum Gasteiger partial charge on any atom is -0.294 e. The van der Waals surface area contributed by atoms with Crippen molar-refractivity contribution >= 4 is 34.8 Å². The van der Waals surface area contributed by atoms with Crippen LogP contribution in [0.5, 0.6) is 0 Å². The maximum absolute atomic E-state index is 12.0. The number of carbonyl (C=O) groups is 2. The van der Waals surface area contributed by atoms with Crippen LogP contribution in [0.1, 0.15) is 65.7 Å². The molecule has 0 aromatic heterocycles. The van der Waals surface area contributed by atoms with Crippen LogP contribution in [0.3, 0.4) is 0 Å². The maximum atomic E-state index is 12.0. The monoisotopic (exact) mass is 376 g/mol. The Kier molecular flexibility index (Phi) is 8.17. The highest BCUT2D eigenvalue weighted by atomic mass is 35.5. The van der Waals surface area contributed by atoms with Gasteiger partial charge in [0.25, 0.3) is 0 Å². The minimum absolute atomic E-state index is 0.162. The van der Waals surface area contributed by atoms with Crippen molar-refractivity contribution in [2.45, 2.75) is 44.9 Å². The molecule has 2 nitrogen and oxygen atoms in total. The van der Waals surface area contributed by atoms with Crippen LogP contribution in [0.2, 0.25) is 10.0 Å². The van der Waals surface area contributed by atoms with Crippen molar-refractivity contribution in [2.75, 3.05) is 0 Å². The van der Waals surface area contributed by atoms with Gasteiger partial charge in [-0.1, -0.05) is 42.5 Å².